The Labute approximate surface area is 231 Å². The summed E-state index contributed by atoms with van der Waals surface area (Å²) >= 11 is 6.80. The lowest BCUT2D eigenvalue weighted by Crippen LogP contribution is -2.38. The fourth-order valence-electron chi connectivity index (χ4n) is 5.04. The van der Waals surface area contributed by atoms with Crippen LogP contribution in [0.3, 0.4) is 0 Å². The van der Waals surface area contributed by atoms with Gasteiger partial charge in [-0.05, 0) is 62.9 Å². The lowest BCUT2D eigenvalue weighted by molar-refractivity contribution is -0.142. The van der Waals surface area contributed by atoms with E-state index in [0.29, 0.717) is 59.8 Å². The Hall–Kier alpha value is -3.69. The normalized spacial score (nSPS) is 18.4. The van der Waals surface area contributed by atoms with Crippen molar-refractivity contribution in [1.29, 1.82) is 0 Å². The van der Waals surface area contributed by atoms with E-state index in [-0.39, 0.29) is 5.60 Å². The highest BCUT2D eigenvalue weighted by molar-refractivity contribution is 6.33. The molecule has 0 amide bonds. The van der Waals surface area contributed by atoms with Crippen molar-refractivity contribution in [2.75, 3.05) is 19.7 Å². The Kier molecular flexibility index (Phi) is 6.86. The van der Waals surface area contributed by atoms with Crippen molar-refractivity contribution in [3.63, 3.8) is 0 Å². The highest BCUT2D eigenvalue weighted by atomic mass is 35.5. The van der Waals surface area contributed by atoms with Crippen molar-refractivity contribution < 1.29 is 19.4 Å². The van der Waals surface area contributed by atoms with Crippen molar-refractivity contribution in [2.45, 2.75) is 50.8 Å². The van der Waals surface area contributed by atoms with Crippen molar-refractivity contribution in [2.24, 2.45) is 0 Å². The number of carboxylic acids is 1. The average molecular weight is 548 g/mol. The predicted octanol–water partition coefficient (Wildman–Crippen LogP) is 5.05. The maximum Gasteiger partial charge on any atom is 0.320 e. The van der Waals surface area contributed by atoms with Gasteiger partial charge in [-0.2, -0.15) is 4.98 Å². The summed E-state index contributed by atoms with van der Waals surface area (Å²) in [6.07, 6.45) is 5.05. The molecule has 2 aromatic heterocycles. The van der Waals surface area contributed by atoms with E-state index in [4.69, 9.17) is 26.1 Å². The summed E-state index contributed by atoms with van der Waals surface area (Å²) in [5.41, 5.74) is 2.92. The summed E-state index contributed by atoms with van der Waals surface area (Å²) in [6, 6.07) is 15.2. The summed E-state index contributed by atoms with van der Waals surface area (Å²) < 4.78 is 14.2. The SMILES string of the molecule is CC1(Oc2ncnc3c2nc(-c2ccc(OCCN4CCC[C@H]4C(=O)O)cc2Cl)n3Cc2ccccc2)CC1. The number of ether oxygens (including phenoxy) is 2. The number of aliphatic carboxylic acids is 1. The van der Waals surface area contributed by atoms with Crippen LogP contribution in [0.15, 0.2) is 54.9 Å². The maximum atomic E-state index is 11.4. The minimum absolute atomic E-state index is 0.207. The molecule has 2 aliphatic rings. The van der Waals surface area contributed by atoms with Crippen LogP contribution < -0.4 is 9.47 Å². The number of hydrogen-bond acceptors (Lipinski definition) is 7. The van der Waals surface area contributed by atoms with E-state index in [0.717, 1.165) is 36.9 Å². The summed E-state index contributed by atoms with van der Waals surface area (Å²) in [4.78, 5) is 27.3. The molecule has 1 aliphatic heterocycles. The zero-order valence-corrected chi connectivity index (χ0v) is 22.5. The van der Waals surface area contributed by atoms with Crippen LogP contribution in [-0.2, 0) is 11.3 Å². The van der Waals surface area contributed by atoms with Gasteiger partial charge in [-0.1, -0.05) is 41.9 Å². The van der Waals surface area contributed by atoms with Crippen molar-refractivity contribution in [3.05, 3.63) is 65.4 Å². The summed E-state index contributed by atoms with van der Waals surface area (Å²) in [6.45, 7) is 4.31. The van der Waals surface area contributed by atoms with Crippen LogP contribution in [0.25, 0.3) is 22.6 Å². The summed E-state index contributed by atoms with van der Waals surface area (Å²) in [5.74, 6) is 0.984. The quantitative estimate of drug-likeness (QED) is 0.294. The van der Waals surface area contributed by atoms with Gasteiger partial charge in [0.2, 0.25) is 5.88 Å². The smallest absolute Gasteiger partial charge is 0.320 e. The summed E-state index contributed by atoms with van der Waals surface area (Å²) in [7, 11) is 0. The molecular weight excluding hydrogens is 518 g/mol. The van der Waals surface area contributed by atoms with Crippen LogP contribution in [0.2, 0.25) is 5.02 Å². The zero-order valence-electron chi connectivity index (χ0n) is 21.7. The van der Waals surface area contributed by atoms with E-state index >= 15 is 0 Å². The molecule has 0 unspecified atom stereocenters. The van der Waals surface area contributed by atoms with E-state index in [1.54, 1.807) is 6.07 Å². The molecule has 202 valence electrons. The number of benzene rings is 2. The molecule has 1 saturated heterocycles. The third-order valence-electron chi connectivity index (χ3n) is 7.46. The van der Waals surface area contributed by atoms with Crippen molar-refractivity contribution >= 4 is 28.7 Å². The molecule has 9 nitrogen and oxygen atoms in total. The molecule has 6 rings (SSSR count). The van der Waals surface area contributed by atoms with E-state index in [1.165, 1.54) is 6.33 Å². The second-order valence-corrected chi connectivity index (χ2v) is 10.8. The Morgan fingerprint density at radius 1 is 1.18 bits per heavy atom. The number of fused-ring (bicyclic) bond motifs is 1. The fourth-order valence-corrected chi connectivity index (χ4v) is 5.30. The molecule has 4 aromatic rings. The largest absolute Gasteiger partial charge is 0.492 e. The van der Waals surface area contributed by atoms with E-state index < -0.39 is 12.0 Å². The highest BCUT2D eigenvalue weighted by Crippen LogP contribution is 2.41. The first-order chi connectivity index (χ1) is 18.9. The van der Waals surface area contributed by atoms with Crippen LogP contribution in [0.5, 0.6) is 11.6 Å². The number of rotatable bonds is 10. The Balaban J connectivity index is 1.29. The molecular formula is C29H30ClN5O4. The van der Waals surface area contributed by atoms with E-state index in [9.17, 15) is 9.90 Å². The van der Waals surface area contributed by atoms with Crippen LogP contribution in [0.4, 0.5) is 0 Å². The highest BCUT2D eigenvalue weighted by Gasteiger charge is 2.41. The fraction of sp³-hybridized carbons (Fsp3) is 0.379. The molecule has 1 saturated carbocycles. The van der Waals surface area contributed by atoms with Crippen LogP contribution in [0, 0.1) is 0 Å². The van der Waals surface area contributed by atoms with E-state index in [2.05, 4.69) is 29.0 Å². The lowest BCUT2D eigenvalue weighted by atomic mass is 10.2. The third-order valence-corrected chi connectivity index (χ3v) is 7.77. The number of carboxylic acid groups (broad SMARTS) is 1. The number of imidazole rings is 1. The third kappa shape index (κ3) is 5.42. The lowest BCUT2D eigenvalue weighted by Gasteiger charge is -2.21. The molecule has 0 bridgehead atoms. The first-order valence-corrected chi connectivity index (χ1v) is 13.6. The molecule has 10 heteroatoms. The second kappa shape index (κ2) is 10.5. The molecule has 0 radical (unpaired) electrons. The average Bonchev–Trinajstić information content (AvgIpc) is 3.30. The van der Waals surface area contributed by atoms with Gasteiger partial charge in [0, 0.05) is 12.1 Å². The Bertz CT molecular complexity index is 1500. The predicted molar refractivity (Wildman–Crippen MR) is 147 cm³/mol. The number of carbonyl (C=O) groups is 1. The van der Waals surface area contributed by atoms with Gasteiger partial charge in [0.15, 0.2) is 11.2 Å². The Morgan fingerprint density at radius 3 is 2.74 bits per heavy atom. The van der Waals surface area contributed by atoms with Gasteiger partial charge < -0.3 is 19.1 Å². The molecule has 39 heavy (non-hydrogen) atoms. The standard InChI is InChI=1S/C29H30ClN5O4/c1-29(11-12-29)39-27-24-26(31-18-32-27)35(17-19-6-3-2-4-7-19)25(33-24)21-10-9-20(16-22(21)30)38-15-14-34-13-5-8-23(34)28(36)37/h2-4,6-7,9-10,16,18,23H,5,8,11-15,17H2,1H3,(H,36,37)/t23-/m0/s1. The second-order valence-electron chi connectivity index (χ2n) is 10.4. The minimum Gasteiger partial charge on any atom is -0.492 e. The van der Waals surface area contributed by atoms with Crippen LogP contribution in [0.1, 0.15) is 38.2 Å². The summed E-state index contributed by atoms with van der Waals surface area (Å²) in [5, 5.41) is 9.89. The molecule has 2 aromatic carbocycles. The zero-order chi connectivity index (χ0) is 27.0. The number of hydrogen-bond donors (Lipinski definition) is 1. The van der Waals surface area contributed by atoms with Gasteiger partial charge in [-0.25, -0.2) is 9.97 Å². The topological polar surface area (TPSA) is 103 Å². The van der Waals surface area contributed by atoms with Gasteiger partial charge in [-0.3, -0.25) is 9.69 Å². The molecule has 0 spiro atoms. The number of aromatic nitrogens is 4. The van der Waals surface area contributed by atoms with Gasteiger partial charge in [-0.15, -0.1) is 0 Å². The number of nitrogens with zero attached hydrogens (tertiary/aromatic N) is 5. The van der Waals surface area contributed by atoms with Crippen LogP contribution in [-0.4, -0.2) is 66.8 Å². The van der Waals surface area contributed by atoms with E-state index in [1.807, 2.05) is 39.8 Å². The minimum atomic E-state index is -0.775. The molecule has 3 heterocycles. The van der Waals surface area contributed by atoms with Gasteiger partial charge >= 0.3 is 5.97 Å². The van der Waals surface area contributed by atoms with Crippen molar-refractivity contribution in [1.82, 2.24) is 24.4 Å². The van der Waals surface area contributed by atoms with Gasteiger partial charge in [0.1, 0.15) is 36.2 Å². The molecule has 1 aliphatic carbocycles. The van der Waals surface area contributed by atoms with Crippen molar-refractivity contribution in [3.8, 4) is 23.0 Å². The monoisotopic (exact) mass is 547 g/mol. The number of likely N-dealkylation sites (tertiary alicyclic amines) is 1. The molecule has 2 fully saturated rings. The first kappa shape index (κ1) is 25.6. The molecule has 1 N–H and O–H groups in total. The number of halogens is 1. The van der Waals surface area contributed by atoms with Gasteiger partial charge in [0.25, 0.3) is 0 Å². The Morgan fingerprint density at radius 2 is 2.00 bits per heavy atom. The van der Waals surface area contributed by atoms with Crippen LogP contribution >= 0.6 is 11.6 Å². The maximum absolute atomic E-state index is 11.4. The first-order valence-electron chi connectivity index (χ1n) is 13.2. The van der Waals surface area contributed by atoms with Gasteiger partial charge in [0.05, 0.1) is 11.6 Å². The molecule has 1 atom stereocenters.